The van der Waals surface area contributed by atoms with E-state index in [1.807, 2.05) is 49.1 Å². The Morgan fingerprint density at radius 2 is 1.88 bits per heavy atom. The standard InChI is InChI=1S/C19H29NO4/c1-19(2,14-24-13-15-6-4-3-5-7-15)18(23)20-10-16(8-9-21)17(11-20)12-22/h3-7,16-17,21-22H,8-14H2,1-2H3. The van der Waals surface area contributed by atoms with Crippen molar-refractivity contribution < 1.29 is 19.7 Å². The first-order valence-corrected chi connectivity index (χ1v) is 8.60. The molecular weight excluding hydrogens is 306 g/mol. The van der Waals surface area contributed by atoms with E-state index in [2.05, 4.69) is 0 Å². The Morgan fingerprint density at radius 1 is 1.21 bits per heavy atom. The van der Waals surface area contributed by atoms with Gasteiger partial charge in [0.2, 0.25) is 5.91 Å². The molecule has 1 aliphatic rings. The largest absolute Gasteiger partial charge is 0.396 e. The van der Waals surface area contributed by atoms with E-state index in [4.69, 9.17) is 9.84 Å². The van der Waals surface area contributed by atoms with Crippen molar-refractivity contribution in [3.05, 3.63) is 35.9 Å². The molecule has 2 N–H and O–H groups in total. The number of amides is 1. The molecule has 2 unspecified atom stereocenters. The van der Waals surface area contributed by atoms with E-state index in [-0.39, 0.29) is 31.0 Å². The van der Waals surface area contributed by atoms with Crippen LogP contribution in [-0.2, 0) is 16.1 Å². The van der Waals surface area contributed by atoms with Crippen LogP contribution in [0.2, 0.25) is 0 Å². The molecule has 24 heavy (non-hydrogen) atoms. The first-order valence-electron chi connectivity index (χ1n) is 8.60. The molecule has 0 aromatic heterocycles. The van der Waals surface area contributed by atoms with Gasteiger partial charge in [-0.15, -0.1) is 0 Å². The van der Waals surface area contributed by atoms with E-state index in [1.54, 1.807) is 0 Å². The van der Waals surface area contributed by atoms with E-state index in [0.29, 0.717) is 32.7 Å². The van der Waals surface area contributed by atoms with Crippen molar-refractivity contribution in [2.75, 3.05) is 32.9 Å². The Labute approximate surface area is 144 Å². The number of ether oxygens (including phenoxy) is 1. The fourth-order valence-electron chi connectivity index (χ4n) is 3.29. The molecule has 1 amide bonds. The summed E-state index contributed by atoms with van der Waals surface area (Å²) < 4.78 is 5.76. The Bertz CT molecular complexity index is 517. The van der Waals surface area contributed by atoms with Crippen molar-refractivity contribution in [1.29, 1.82) is 0 Å². The van der Waals surface area contributed by atoms with Crippen LogP contribution in [0.1, 0.15) is 25.8 Å². The second-order valence-corrected chi connectivity index (χ2v) is 7.29. The number of aliphatic hydroxyl groups excluding tert-OH is 2. The highest BCUT2D eigenvalue weighted by molar-refractivity contribution is 5.82. The van der Waals surface area contributed by atoms with Crippen LogP contribution in [-0.4, -0.2) is 53.9 Å². The van der Waals surface area contributed by atoms with Gasteiger partial charge in [0.15, 0.2) is 0 Å². The fourth-order valence-corrected chi connectivity index (χ4v) is 3.29. The molecule has 2 atom stereocenters. The average Bonchev–Trinajstić information content (AvgIpc) is 2.98. The molecule has 5 nitrogen and oxygen atoms in total. The molecule has 0 radical (unpaired) electrons. The van der Waals surface area contributed by atoms with Gasteiger partial charge < -0.3 is 19.8 Å². The van der Waals surface area contributed by atoms with Crippen molar-refractivity contribution in [2.45, 2.75) is 26.9 Å². The summed E-state index contributed by atoms with van der Waals surface area (Å²) in [6.45, 7) is 5.94. The van der Waals surface area contributed by atoms with Crippen LogP contribution in [0, 0.1) is 17.3 Å². The number of hydrogen-bond acceptors (Lipinski definition) is 4. The SMILES string of the molecule is CC(C)(COCc1ccccc1)C(=O)N1CC(CO)C(CCO)C1. The van der Waals surface area contributed by atoms with E-state index >= 15 is 0 Å². The summed E-state index contributed by atoms with van der Waals surface area (Å²) in [5.41, 5.74) is 0.480. The summed E-state index contributed by atoms with van der Waals surface area (Å²) in [7, 11) is 0. The highest BCUT2D eigenvalue weighted by Crippen LogP contribution is 2.30. The zero-order valence-electron chi connectivity index (χ0n) is 14.6. The molecular formula is C19H29NO4. The maximum Gasteiger partial charge on any atom is 0.230 e. The van der Waals surface area contributed by atoms with Crippen LogP contribution in [0.15, 0.2) is 30.3 Å². The fraction of sp³-hybridized carbons (Fsp3) is 0.632. The maximum atomic E-state index is 12.8. The van der Waals surface area contributed by atoms with Crippen molar-refractivity contribution in [2.24, 2.45) is 17.3 Å². The van der Waals surface area contributed by atoms with Crippen LogP contribution in [0.5, 0.6) is 0 Å². The van der Waals surface area contributed by atoms with Gasteiger partial charge >= 0.3 is 0 Å². The minimum atomic E-state index is -0.608. The maximum absolute atomic E-state index is 12.8. The first kappa shape index (κ1) is 18.9. The lowest BCUT2D eigenvalue weighted by atomic mass is 9.93. The topological polar surface area (TPSA) is 70.0 Å². The summed E-state index contributed by atoms with van der Waals surface area (Å²) in [6.07, 6.45) is 0.625. The molecule has 5 heteroatoms. The van der Waals surface area contributed by atoms with Crippen molar-refractivity contribution >= 4 is 5.91 Å². The highest BCUT2D eigenvalue weighted by atomic mass is 16.5. The third-order valence-corrected chi connectivity index (χ3v) is 4.75. The van der Waals surface area contributed by atoms with Crippen LogP contribution in [0.3, 0.4) is 0 Å². The zero-order valence-corrected chi connectivity index (χ0v) is 14.6. The van der Waals surface area contributed by atoms with Crippen LogP contribution < -0.4 is 0 Å². The number of aliphatic hydroxyl groups is 2. The van der Waals surface area contributed by atoms with Gasteiger partial charge in [0.25, 0.3) is 0 Å². The number of likely N-dealkylation sites (tertiary alicyclic amines) is 1. The lowest BCUT2D eigenvalue weighted by Crippen LogP contribution is -2.42. The van der Waals surface area contributed by atoms with Gasteiger partial charge in [-0.1, -0.05) is 30.3 Å². The monoisotopic (exact) mass is 335 g/mol. The van der Waals surface area contributed by atoms with Crippen LogP contribution in [0.4, 0.5) is 0 Å². The summed E-state index contributed by atoms with van der Waals surface area (Å²) >= 11 is 0. The van der Waals surface area contributed by atoms with Crippen molar-refractivity contribution in [3.8, 4) is 0 Å². The molecule has 1 aromatic rings. The average molecular weight is 335 g/mol. The minimum Gasteiger partial charge on any atom is -0.396 e. The smallest absolute Gasteiger partial charge is 0.230 e. The molecule has 0 aliphatic carbocycles. The molecule has 1 heterocycles. The predicted molar refractivity (Wildman–Crippen MR) is 92.2 cm³/mol. The number of rotatable bonds is 8. The van der Waals surface area contributed by atoms with Gasteiger partial charge in [-0.2, -0.15) is 0 Å². The Hall–Kier alpha value is -1.43. The lowest BCUT2D eigenvalue weighted by Gasteiger charge is -2.29. The number of carbonyl (C=O) groups is 1. The molecule has 2 rings (SSSR count). The van der Waals surface area contributed by atoms with E-state index in [0.717, 1.165) is 5.56 Å². The second-order valence-electron chi connectivity index (χ2n) is 7.29. The quantitative estimate of drug-likeness (QED) is 0.758. The van der Waals surface area contributed by atoms with Crippen molar-refractivity contribution in [1.82, 2.24) is 4.90 Å². The van der Waals surface area contributed by atoms with Gasteiger partial charge in [-0.3, -0.25) is 4.79 Å². The van der Waals surface area contributed by atoms with E-state index in [1.165, 1.54) is 0 Å². The number of hydrogen-bond donors (Lipinski definition) is 2. The second kappa shape index (κ2) is 8.60. The predicted octanol–water partition coefficient (Wildman–Crippen LogP) is 1.68. The number of benzene rings is 1. The van der Waals surface area contributed by atoms with Crippen LogP contribution in [0.25, 0.3) is 0 Å². The molecule has 134 valence electrons. The normalized spacial score (nSPS) is 21.2. The van der Waals surface area contributed by atoms with E-state index in [9.17, 15) is 9.90 Å². The molecule has 1 saturated heterocycles. The lowest BCUT2D eigenvalue weighted by molar-refractivity contribution is -0.143. The molecule has 1 aromatic carbocycles. The first-order chi connectivity index (χ1) is 11.5. The van der Waals surface area contributed by atoms with Crippen molar-refractivity contribution in [3.63, 3.8) is 0 Å². The van der Waals surface area contributed by atoms with Gasteiger partial charge in [-0.25, -0.2) is 0 Å². The van der Waals surface area contributed by atoms with E-state index < -0.39 is 5.41 Å². The zero-order chi connectivity index (χ0) is 17.6. The highest BCUT2D eigenvalue weighted by Gasteiger charge is 2.40. The summed E-state index contributed by atoms with van der Waals surface area (Å²) in [5.74, 6) is 0.279. The minimum absolute atomic E-state index is 0.0504. The Morgan fingerprint density at radius 3 is 2.50 bits per heavy atom. The molecule has 1 fully saturated rings. The van der Waals surface area contributed by atoms with Gasteiger partial charge in [0.1, 0.15) is 0 Å². The Balaban J connectivity index is 1.87. The summed E-state index contributed by atoms with van der Waals surface area (Å²) in [5, 5.41) is 18.6. The Kier molecular flexibility index (Phi) is 6.78. The van der Waals surface area contributed by atoms with Crippen LogP contribution >= 0.6 is 0 Å². The molecule has 0 saturated carbocycles. The summed E-state index contributed by atoms with van der Waals surface area (Å²) in [4.78, 5) is 14.6. The van der Waals surface area contributed by atoms with Gasteiger partial charge in [-0.05, 0) is 31.7 Å². The molecule has 1 aliphatic heterocycles. The molecule has 0 spiro atoms. The third kappa shape index (κ3) is 4.79. The number of nitrogens with zero attached hydrogens (tertiary/aromatic N) is 1. The van der Waals surface area contributed by atoms with Gasteiger partial charge in [0.05, 0.1) is 18.6 Å². The third-order valence-electron chi connectivity index (χ3n) is 4.75. The van der Waals surface area contributed by atoms with Gasteiger partial charge in [0, 0.05) is 32.2 Å². The number of carbonyl (C=O) groups excluding carboxylic acids is 1. The molecule has 0 bridgehead atoms. The summed E-state index contributed by atoms with van der Waals surface area (Å²) in [6, 6.07) is 9.90.